The molecule has 1 aliphatic rings. The summed E-state index contributed by atoms with van der Waals surface area (Å²) in [5.41, 5.74) is 5.53. The molecule has 1 aliphatic heterocycles. The Kier molecular flexibility index (Phi) is 2.12. The maximum atomic E-state index is 11.2. The minimum absolute atomic E-state index is 0.182. The Morgan fingerprint density at radius 1 is 1.64 bits per heavy atom. The van der Waals surface area contributed by atoms with Crippen molar-refractivity contribution in [2.75, 3.05) is 30.8 Å². The first-order chi connectivity index (χ1) is 6.70. The Morgan fingerprint density at radius 2 is 2.36 bits per heavy atom. The summed E-state index contributed by atoms with van der Waals surface area (Å²) in [4.78, 5) is 19.6. The molecule has 0 radical (unpaired) electrons. The number of likely N-dealkylation sites (N-methyl/N-ethyl adjacent to an activating group) is 1. The Hall–Kier alpha value is -1.56. The predicted molar refractivity (Wildman–Crippen MR) is 54.3 cm³/mol. The van der Waals surface area contributed by atoms with E-state index in [-0.39, 0.29) is 11.2 Å². The Morgan fingerprint density at radius 3 is 2.93 bits per heavy atom. The van der Waals surface area contributed by atoms with Crippen molar-refractivity contribution in [3.63, 3.8) is 0 Å². The van der Waals surface area contributed by atoms with Crippen LogP contribution in [-0.4, -0.2) is 36.1 Å². The first-order valence-electron chi connectivity index (χ1n) is 4.47. The molecule has 0 spiro atoms. The average Bonchev–Trinajstić information content (AvgIpc) is 2.06. The number of hydrogen-bond acceptors (Lipinski definition) is 5. The SMILES string of the molecule is CN(c1nc[nH]c(=O)c1N)C1CNC1. The number of nitrogens with one attached hydrogen (secondary N) is 2. The van der Waals surface area contributed by atoms with Gasteiger partial charge in [-0.2, -0.15) is 0 Å². The fourth-order valence-electron chi connectivity index (χ4n) is 1.40. The normalized spacial score (nSPS) is 16.4. The number of nitrogen functional groups attached to an aromatic ring is 1. The van der Waals surface area contributed by atoms with Crippen LogP contribution in [0, 0.1) is 0 Å². The smallest absolute Gasteiger partial charge is 0.276 e. The topological polar surface area (TPSA) is 87.0 Å². The van der Waals surface area contributed by atoms with Crippen LogP contribution in [0.4, 0.5) is 11.5 Å². The second-order valence-corrected chi connectivity index (χ2v) is 3.39. The van der Waals surface area contributed by atoms with Crippen LogP contribution in [0.15, 0.2) is 11.1 Å². The molecule has 76 valence electrons. The van der Waals surface area contributed by atoms with Gasteiger partial charge in [-0.1, -0.05) is 0 Å². The van der Waals surface area contributed by atoms with Crippen molar-refractivity contribution in [3.05, 3.63) is 16.7 Å². The number of nitrogens with zero attached hydrogens (tertiary/aromatic N) is 2. The zero-order valence-corrected chi connectivity index (χ0v) is 7.95. The third kappa shape index (κ3) is 1.33. The number of aromatic nitrogens is 2. The fraction of sp³-hybridized carbons (Fsp3) is 0.500. The van der Waals surface area contributed by atoms with Gasteiger partial charge in [-0.05, 0) is 0 Å². The van der Waals surface area contributed by atoms with Crippen LogP contribution in [-0.2, 0) is 0 Å². The quantitative estimate of drug-likeness (QED) is 0.549. The highest BCUT2D eigenvalue weighted by Crippen LogP contribution is 2.17. The minimum Gasteiger partial charge on any atom is -0.391 e. The Bertz CT molecular complexity index is 384. The van der Waals surface area contributed by atoms with Crippen LogP contribution in [0.2, 0.25) is 0 Å². The standard InChI is InChI=1S/C8H13N5O/c1-13(5-2-10-3-5)7-6(9)8(14)12-4-11-7/h4-5,10H,2-3,9H2,1H3,(H,11,12,14). The van der Waals surface area contributed by atoms with E-state index in [1.807, 2.05) is 11.9 Å². The van der Waals surface area contributed by atoms with E-state index in [9.17, 15) is 4.79 Å². The van der Waals surface area contributed by atoms with Gasteiger partial charge >= 0.3 is 0 Å². The molecule has 0 bridgehead atoms. The molecule has 1 aromatic rings. The summed E-state index contributed by atoms with van der Waals surface area (Å²) in [5.74, 6) is 0.556. The lowest BCUT2D eigenvalue weighted by Crippen LogP contribution is -2.56. The van der Waals surface area contributed by atoms with Crippen LogP contribution in [0.5, 0.6) is 0 Å². The molecule has 1 saturated heterocycles. The van der Waals surface area contributed by atoms with Crippen molar-refractivity contribution >= 4 is 11.5 Å². The van der Waals surface area contributed by atoms with E-state index < -0.39 is 0 Å². The maximum Gasteiger partial charge on any atom is 0.276 e. The van der Waals surface area contributed by atoms with Gasteiger partial charge in [-0.3, -0.25) is 4.79 Å². The molecule has 0 amide bonds. The van der Waals surface area contributed by atoms with Gasteiger partial charge in [-0.25, -0.2) is 4.98 Å². The van der Waals surface area contributed by atoms with Gasteiger partial charge in [0.25, 0.3) is 5.56 Å². The highest BCUT2D eigenvalue weighted by molar-refractivity contribution is 5.61. The summed E-state index contributed by atoms with van der Waals surface area (Å²) in [7, 11) is 1.89. The first-order valence-corrected chi connectivity index (χ1v) is 4.47. The Labute approximate surface area is 81.1 Å². The van der Waals surface area contributed by atoms with Crippen molar-refractivity contribution in [1.82, 2.24) is 15.3 Å². The molecule has 2 heterocycles. The fourth-order valence-corrected chi connectivity index (χ4v) is 1.40. The van der Waals surface area contributed by atoms with E-state index in [4.69, 9.17) is 5.73 Å². The molecule has 2 rings (SSSR count). The number of anilines is 2. The lowest BCUT2D eigenvalue weighted by Gasteiger charge is -2.36. The molecule has 1 aromatic heterocycles. The highest BCUT2D eigenvalue weighted by Gasteiger charge is 2.24. The van der Waals surface area contributed by atoms with E-state index >= 15 is 0 Å². The summed E-state index contributed by atoms with van der Waals surface area (Å²) in [6.45, 7) is 1.81. The molecule has 6 heteroatoms. The van der Waals surface area contributed by atoms with Crippen LogP contribution in [0.25, 0.3) is 0 Å². The third-order valence-corrected chi connectivity index (χ3v) is 2.51. The van der Waals surface area contributed by atoms with Crippen LogP contribution >= 0.6 is 0 Å². The zero-order chi connectivity index (χ0) is 10.1. The molecule has 1 fully saturated rings. The highest BCUT2D eigenvalue weighted by atomic mass is 16.1. The van der Waals surface area contributed by atoms with Gasteiger partial charge < -0.3 is 20.9 Å². The van der Waals surface area contributed by atoms with E-state index in [1.165, 1.54) is 6.33 Å². The van der Waals surface area contributed by atoms with Crippen molar-refractivity contribution in [3.8, 4) is 0 Å². The van der Waals surface area contributed by atoms with Gasteiger partial charge in [0, 0.05) is 20.1 Å². The lowest BCUT2D eigenvalue weighted by atomic mass is 10.1. The van der Waals surface area contributed by atoms with E-state index in [2.05, 4.69) is 15.3 Å². The van der Waals surface area contributed by atoms with Gasteiger partial charge in [0.15, 0.2) is 5.82 Å². The third-order valence-electron chi connectivity index (χ3n) is 2.51. The number of rotatable bonds is 2. The van der Waals surface area contributed by atoms with E-state index in [0.29, 0.717) is 11.9 Å². The second kappa shape index (κ2) is 3.30. The van der Waals surface area contributed by atoms with Crippen LogP contribution < -0.4 is 21.5 Å². The number of H-pyrrole nitrogens is 1. The van der Waals surface area contributed by atoms with Crippen molar-refractivity contribution < 1.29 is 0 Å². The van der Waals surface area contributed by atoms with Crippen molar-refractivity contribution in [1.29, 1.82) is 0 Å². The molecular weight excluding hydrogens is 182 g/mol. The molecule has 0 unspecified atom stereocenters. The summed E-state index contributed by atoms with van der Waals surface area (Å²) >= 11 is 0. The molecule has 0 aliphatic carbocycles. The summed E-state index contributed by atoms with van der Waals surface area (Å²) in [6, 6.07) is 0.381. The molecule has 4 N–H and O–H groups in total. The van der Waals surface area contributed by atoms with E-state index in [0.717, 1.165) is 13.1 Å². The predicted octanol–water partition coefficient (Wildman–Crippen LogP) is -1.24. The molecule has 0 saturated carbocycles. The van der Waals surface area contributed by atoms with Crippen LogP contribution in [0.1, 0.15) is 0 Å². The van der Waals surface area contributed by atoms with Gasteiger partial charge in [-0.15, -0.1) is 0 Å². The second-order valence-electron chi connectivity index (χ2n) is 3.39. The number of hydrogen-bond donors (Lipinski definition) is 3. The zero-order valence-electron chi connectivity index (χ0n) is 7.95. The first kappa shape index (κ1) is 9.01. The number of aromatic amines is 1. The summed E-state index contributed by atoms with van der Waals surface area (Å²) in [6.07, 6.45) is 1.37. The number of nitrogens with two attached hydrogens (primary N) is 1. The van der Waals surface area contributed by atoms with Crippen molar-refractivity contribution in [2.45, 2.75) is 6.04 Å². The van der Waals surface area contributed by atoms with E-state index in [1.54, 1.807) is 0 Å². The van der Waals surface area contributed by atoms with Crippen molar-refractivity contribution in [2.24, 2.45) is 0 Å². The molecular formula is C8H13N5O. The lowest BCUT2D eigenvalue weighted by molar-refractivity contribution is 0.427. The molecule has 0 atom stereocenters. The summed E-state index contributed by atoms with van der Waals surface area (Å²) in [5, 5.41) is 3.15. The average molecular weight is 195 g/mol. The molecule has 14 heavy (non-hydrogen) atoms. The Balaban J connectivity index is 2.30. The summed E-state index contributed by atoms with van der Waals surface area (Å²) < 4.78 is 0. The maximum absolute atomic E-state index is 11.2. The monoisotopic (exact) mass is 195 g/mol. The molecule has 6 nitrogen and oxygen atoms in total. The van der Waals surface area contributed by atoms with Gasteiger partial charge in [0.05, 0.1) is 12.4 Å². The van der Waals surface area contributed by atoms with Crippen LogP contribution in [0.3, 0.4) is 0 Å². The van der Waals surface area contributed by atoms with Gasteiger partial charge in [0.2, 0.25) is 0 Å². The minimum atomic E-state index is -0.283. The largest absolute Gasteiger partial charge is 0.391 e. The van der Waals surface area contributed by atoms with Gasteiger partial charge in [0.1, 0.15) is 5.69 Å². The molecule has 0 aromatic carbocycles.